The van der Waals surface area contributed by atoms with Crippen LogP contribution in [0.3, 0.4) is 0 Å². The molecule has 0 aliphatic heterocycles. The highest BCUT2D eigenvalue weighted by atomic mass is 31.2. The van der Waals surface area contributed by atoms with Gasteiger partial charge in [-0.2, -0.15) is 0 Å². The number of aromatic nitrogens is 2. The lowest BCUT2D eigenvalue weighted by Crippen LogP contribution is -2.37. The Labute approximate surface area is 237 Å². The SMILES string of the molecule is COc1ccc(C(OCP(=O)(CO)OCCn2c(=O)[nH]cc(C)c2=O)(c2ccccc2)c2ccc(OC)cc2)cc1. The van der Waals surface area contributed by atoms with Crippen molar-refractivity contribution in [2.24, 2.45) is 0 Å². The second-order valence-corrected chi connectivity index (χ2v) is 11.7. The summed E-state index contributed by atoms with van der Waals surface area (Å²) in [6.07, 6.45) is 0.0632. The van der Waals surface area contributed by atoms with Crippen LogP contribution in [0.15, 0.2) is 94.6 Å². The first-order chi connectivity index (χ1) is 19.8. The molecule has 1 heterocycles. The largest absolute Gasteiger partial charge is 0.497 e. The Morgan fingerprint density at radius 1 is 0.854 bits per heavy atom. The number of ether oxygens (including phenoxy) is 3. The molecule has 11 heteroatoms. The van der Waals surface area contributed by atoms with Gasteiger partial charge in [0.05, 0.1) is 27.4 Å². The van der Waals surface area contributed by atoms with Gasteiger partial charge in [-0.15, -0.1) is 0 Å². The van der Waals surface area contributed by atoms with Gasteiger partial charge in [0.15, 0.2) is 0 Å². The molecule has 41 heavy (non-hydrogen) atoms. The van der Waals surface area contributed by atoms with E-state index in [9.17, 15) is 19.3 Å². The lowest BCUT2D eigenvalue weighted by molar-refractivity contribution is 0.0351. The van der Waals surface area contributed by atoms with Crippen molar-refractivity contribution >= 4 is 7.37 Å². The molecule has 10 nitrogen and oxygen atoms in total. The van der Waals surface area contributed by atoms with Crippen molar-refractivity contribution in [2.75, 3.05) is 33.5 Å². The lowest BCUT2D eigenvalue weighted by Gasteiger charge is -2.37. The summed E-state index contributed by atoms with van der Waals surface area (Å²) in [5, 5.41) is 10.1. The normalized spacial score (nSPS) is 13.0. The minimum absolute atomic E-state index is 0.152. The number of rotatable bonds is 13. The Hall–Kier alpha value is -3.95. The maximum absolute atomic E-state index is 13.7. The quantitative estimate of drug-likeness (QED) is 0.179. The third-order valence-electron chi connectivity index (χ3n) is 6.75. The molecule has 1 aromatic heterocycles. The van der Waals surface area contributed by atoms with Crippen LogP contribution in [-0.2, 0) is 26.0 Å². The van der Waals surface area contributed by atoms with Gasteiger partial charge >= 0.3 is 5.69 Å². The minimum atomic E-state index is -3.81. The van der Waals surface area contributed by atoms with Crippen LogP contribution >= 0.6 is 7.37 Å². The highest BCUT2D eigenvalue weighted by molar-refractivity contribution is 7.58. The standard InChI is InChI=1S/C30H33N2O8P/c1-22-19-31-29(35)32(28(22)34)17-18-40-41(36,20-33)21-39-30(23-7-5-4-6-8-23,24-9-13-26(37-2)14-10-24)25-11-15-27(38-3)16-12-25/h4-16,19,33H,17-18,20-21H2,1-3H3,(H,31,35). The van der Waals surface area contributed by atoms with Crippen LogP contribution in [0.4, 0.5) is 0 Å². The monoisotopic (exact) mass is 580 g/mol. The summed E-state index contributed by atoms with van der Waals surface area (Å²) in [5.41, 5.74) is 0.186. The number of nitrogens with one attached hydrogen (secondary N) is 1. The predicted molar refractivity (Wildman–Crippen MR) is 155 cm³/mol. The zero-order chi connectivity index (χ0) is 29.5. The Balaban J connectivity index is 1.71. The zero-order valence-corrected chi connectivity index (χ0v) is 24.0. The molecule has 2 N–H and O–H groups in total. The number of benzene rings is 3. The maximum Gasteiger partial charge on any atom is 0.328 e. The Kier molecular flexibility index (Phi) is 9.62. The maximum atomic E-state index is 13.7. The molecule has 0 radical (unpaired) electrons. The molecule has 4 aromatic rings. The van der Waals surface area contributed by atoms with E-state index in [0.717, 1.165) is 21.3 Å². The molecule has 0 saturated heterocycles. The van der Waals surface area contributed by atoms with Crippen molar-refractivity contribution in [3.8, 4) is 11.5 Å². The van der Waals surface area contributed by atoms with Crippen LogP contribution in [0.25, 0.3) is 0 Å². The van der Waals surface area contributed by atoms with Gasteiger partial charge in [0, 0.05) is 11.8 Å². The third kappa shape index (κ3) is 6.52. The number of aromatic amines is 1. The Morgan fingerprint density at radius 3 is 1.90 bits per heavy atom. The topological polar surface area (TPSA) is 129 Å². The number of aryl methyl sites for hydroxylation is 1. The van der Waals surface area contributed by atoms with E-state index in [-0.39, 0.29) is 13.2 Å². The number of hydrogen-bond acceptors (Lipinski definition) is 8. The smallest absolute Gasteiger partial charge is 0.328 e. The molecule has 0 aliphatic carbocycles. The van der Waals surface area contributed by atoms with Crippen molar-refractivity contribution in [3.63, 3.8) is 0 Å². The van der Waals surface area contributed by atoms with E-state index in [1.165, 1.54) is 6.20 Å². The second kappa shape index (κ2) is 13.1. The van der Waals surface area contributed by atoms with Gasteiger partial charge in [-0.25, -0.2) is 4.79 Å². The number of aliphatic hydroxyl groups excluding tert-OH is 1. The van der Waals surface area contributed by atoms with E-state index in [1.807, 2.05) is 54.6 Å². The van der Waals surface area contributed by atoms with Crippen molar-refractivity contribution in [2.45, 2.75) is 19.1 Å². The molecule has 0 bridgehead atoms. The van der Waals surface area contributed by atoms with Crippen molar-refractivity contribution in [3.05, 3.63) is 128 Å². The summed E-state index contributed by atoms with van der Waals surface area (Å²) in [6, 6.07) is 24.1. The molecular formula is C30H33N2O8P. The fourth-order valence-corrected chi connectivity index (χ4v) is 5.55. The summed E-state index contributed by atoms with van der Waals surface area (Å²) in [5.74, 6) is 1.30. The number of hydrogen-bond donors (Lipinski definition) is 2. The molecule has 4 rings (SSSR count). The second-order valence-electron chi connectivity index (χ2n) is 9.30. The summed E-state index contributed by atoms with van der Waals surface area (Å²) in [6.45, 7) is 1.17. The predicted octanol–water partition coefficient (Wildman–Crippen LogP) is 4.07. The summed E-state index contributed by atoms with van der Waals surface area (Å²) < 4.78 is 37.6. The van der Waals surface area contributed by atoms with Crippen molar-refractivity contribution < 1.29 is 28.4 Å². The third-order valence-corrected chi connectivity index (χ3v) is 8.35. The van der Waals surface area contributed by atoms with Crippen molar-refractivity contribution in [1.82, 2.24) is 9.55 Å². The molecule has 1 unspecified atom stereocenters. The fraction of sp³-hybridized carbons (Fsp3) is 0.267. The Morgan fingerprint density at radius 2 is 1.39 bits per heavy atom. The summed E-state index contributed by atoms with van der Waals surface area (Å²) >= 11 is 0. The van der Waals surface area contributed by atoms with Crippen LogP contribution in [-0.4, -0.2) is 48.2 Å². The molecule has 0 saturated carbocycles. The first-order valence-electron chi connectivity index (χ1n) is 12.9. The van der Waals surface area contributed by atoms with Crippen molar-refractivity contribution in [1.29, 1.82) is 0 Å². The highest BCUT2D eigenvalue weighted by Gasteiger charge is 2.40. The van der Waals surface area contributed by atoms with E-state index < -0.39 is 36.9 Å². The van der Waals surface area contributed by atoms with Crippen LogP contribution < -0.4 is 20.7 Å². The number of nitrogens with zero attached hydrogens (tertiary/aromatic N) is 1. The van der Waals surface area contributed by atoms with Gasteiger partial charge in [0.1, 0.15) is 29.8 Å². The molecule has 0 fully saturated rings. The van der Waals surface area contributed by atoms with Crippen LogP contribution in [0.2, 0.25) is 0 Å². The summed E-state index contributed by atoms with van der Waals surface area (Å²) in [4.78, 5) is 27.0. The number of H-pyrrole nitrogens is 1. The van der Waals surface area contributed by atoms with E-state index in [1.54, 1.807) is 45.4 Å². The van der Waals surface area contributed by atoms with E-state index in [2.05, 4.69) is 4.98 Å². The molecule has 0 aliphatic rings. The molecule has 216 valence electrons. The molecular weight excluding hydrogens is 547 g/mol. The minimum Gasteiger partial charge on any atom is -0.497 e. The summed E-state index contributed by atoms with van der Waals surface area (Å²) in [7, 11) is -0.659. The fourth-order valence-electron chi connectivity index (χ4n) is 4.50. The van der Waals surface area contributed by atoms with E-state index >= 15 is 0 Å². The van der Waals surface area contributed by atoms with E-state index in [0.29, 0.717) is 17.1 Å². The van der Waals surface area contributed by atoms with Gasteiger partial charge in [-0.05, 0) is 47.9 Å². The van der Waals surface area contributed by atoms with Gasteiger partial charge in [-0.3, -0.25) is 13.9 Å². The zero-order valence-electron chi connectivity index (χ0n) is 23.1. The van der Waals surface area contributed by atoms with Crippen LogP contribution in [0.5, 0.6) is 11.5 Å². The first kappa shape index (κ1) is 30.0. The van der Waals surface area contributed by atoms with E-state index in [4.69, 9.17) is 18.7 Å². The molecule has 0 amide bonds. The van der Waals surface area contributed by atoms with Gasteiger partial charge in [0.2, 0.25) is 0 Å². The molecule has 0 spiro atoms. The van der Waals surface area contributed by atoms with Gasteiger partial charge in [0.25, 0.3) is 12.9 Å². The van der Waals surface area contributed by atoms with Gasteiger partial charge in [-0.1, -0.05) is 54.6 Å². The van der Waals surface area contributed by atoms with Crippen LogP contribution in [0, 0.1) is 6.92 Å². The highest BCUT2D eigenvalue weighted by Crippen LogP contribution is 2.50. The average Bonchev–Trinajstić information content (AvgIpc) is 3.02. The number of methoxy groups -OCH3 is 2. The lowest BCUT2D eigenvalue weighted by atomic mass is 9.80. The Bertz CT molecular complexity index is 1550. The van der Waals surface area contributed by atoms with Gasteiger partial charge < -0.3 is 28.8 Å². The average molecular weight is 581 g/mol. The molecule has 3 aromatic carbocycles. The first-order valence-corrected chi connectivity index (χ1v) is 14.9. The number of aliphatic hydroxyl groups is 1. The van der Waals surface area contributed by atoms with Crippen LogP contribution in [0.1, 0.15) is 22.3 Å². The molecule has 1 atom stereocenters.